The number of benzene rings is 1. The van der Waals surface area contributed by atoms with Crippen molar-refractivity contribution < 1.29 is 24.1 Å². The molecule has 0 aliphatic heterocycles. The van der Waals surface area contributed by atoms with Crippen molar-refractivity contribution in [2.24, 2.45) is 5.92 Å². The summed E-state index contributed by atoms with van der Waals surface area (Å²) in [5.74, 6) is 0.851. The number of phenolic OH excluding ortho intramolecular Hbond substituents is 1. The molecule has 1 aliphatic carbocycles. The van der Waals surface area contributed by atoms with E-state index in [1.165, 1.54) is 52.4 Å². The van der Waals surface area contributed by atoms with Crippen LogP contribution in [0.3, 0.4) is 0 Å². The van der Waals surface area contributed by atoms with Crippen LogP contribution in [0.5, 0.6) is 17.2 Å². The van der Waals surface area contributed by atoms with E-state index in [1.807, 2.05) is 0 Å². The molecule has 0 atom stereocenters. The van der Waals surface area contributed by atoms with E-state index in [4.69, 9.17) is 14.2 Å². The van der Waals surface area contributed by atoms with Gasteiger partial charge in [-0.15, -0.1) is 0 Å². The minimum absolute atomic E-state index is 0.0628. The van der Waals surface area contributed by atoms with Crippen LogP contribution in [0.1, 0.15) is 44.1 Å². The second-order valence-electron chi connectivity index (χ2n) is 6.07. The number of esters is 1. The Bertz CT molecular complexity index is 548. The second-order valence-corrected chi connectivity index (χ2v) is 6.07. The molecule has 0 spiro atoms. The third-order valence-corrected chi connectivity index (χ3v) is 4.41. The van der Waals surface area contributed by atoms with Gasteiger partial charge in [0.15, 0.2) is 11.5 Å². The zero-order valence-corrected chi connectivity index (χ0v) is 14.4. The van der Waals surface area contributed by atoms with Crippen LogP contribution >= 0.6 is 0 Å². The van der Waals surface area contributed by atoms with Gasteiger partial charge in [-0.1, -0.05) is 32.1 Å². The van der Waals surface area contributed by atoms with Gasteiger partial charge in [-0.05, 0) is 36.1 Å². The van der Waals surface area contributed by atoms with Gasteiger partial charge >= 0.3 is 5.97 Å². The summed E-state index contributed by atoms with van der Waals surface area (Å²) in [6, 6.07) is 3.26. The lowest BCUT2D eigenvalue weighted by Crippen LogP contribution is -2.11. The standard InChI is InChI=1S/C19H26O5/c1-22-16-12-15(13-17(23-2)19(16)21)8-9-18(20)24-11-10-14-6-4-3-5-7-14/h8-9,12-14,21H,3-7,10-11H2,1-2H3/b9-8+. The number of hydrogen-bond acceptors (Lipinski definition) is 5. The molecule has 1 saturated carbocycles. The van der Waals surface area contributed by atoms with Gasteiger partial charge < -0.3 is 19.3 Å². The predicted octanol–water partition coefficient (Wildman–Crippen LogP) is 3.94. The Morgan fingerprint density at radius 1 is 1.17 bits per heavy atom. The molecule has 1 aromatic carbocycles. The number of carbonyl (C=O) groups is 1. The van der Waals surface area contributed by atoms with Gasteiger partial charge in [-0.2, -0.15) is 0 Å². The quantitative estimate of drug-likeness (QED) is 0.604. The number of methoxy groups -OCH3 is 2. The van der Waals surface area contributed by atoms with Crippen LogP contribution in [0, 0.1) is 5.92 Å². The average molecular weight is 334 g/mol. The Hall–Kier alpha value is -2.17. The van der Waals surface area contributed by atoms with Crippen LogP contribution in [-0.4, -0.2) is 31.9 Å². The highest BCUT2D eigenvalue weighted by Crippen LogP contribution is 2.37. The maximum atomic E-state index is 11.8. The third-order valence-electron chi connectivity index (χ3n) is 4.41. The van der Waals surface area contributed by atoms with Crippen molar-refractivity contribution in [1.29, 1.82) is 0 Å². The molecule has 1 aliphatic rings. The molecular weight excluding hydrogens is 308 g/mol. The summed E-state index contributed by atoms with van der Waals surface area (Å²) in [4.78, 5) is 11.8. The van der Waals surface area contributed by atoms with E-state index in [0.29, 0.717) is 29.6 Å². The number of aromatic hydroxyl groups is 1. The Morgan fingerprint density at radius 3 is 2.38 bits per heavy atom. The van der Waals surface area contributed by atoms with E-state index in [9.17, 15) is 9.90 Å². The van der Waals surface area contributed by atoms with Crippen molar-refractivity contribution in [2.45, 2.75) is 38.5 Å². The Morgan fingerprint density at radius 2 is 1.79 bits per heavy atom. The third kappa shape index (κ3) is 5.18. The largest absolute Gasteiger partial charge is 0.502 e. The molecule has 2 rings (SSSR count). The fourth-order valence-electron chi connectivity index (χ4n) is 3.02. The molecule has 132 valence electrons. The van der Waals surface area contributed by atoms with E-state index >= 15 is 0 Å². The van der Waals surface area contributed by atoms with Crippen molar-refractivity contribution in [2.75, 3.05) is 20.8 Å². The van der Waals surface area contributed by atoms with Gasteiger partial charge in [0.2, 0.25) is 5.75 Å². The molecule has 1 aromatic rings. The summed E-state index contributed by atoms with van der Waals surface area (Å²) in [6.45, 7) is 0.468. The Balaban J connectivity index is 1.86. The summed E-state index contributed by atoms with van der Waals surface area (Å²) in [7, 11) is 2.92. The highest BCUT2D eigenvalue weighted by Gasteiger charge is 2.14. The predicted molar refractivity (Wildman–Crippen MR) is 92.4 cm³/mol. The summed E-state index contributed by atoms with van der Waals surface area (Å²) in [5, 5.41) is 9.86. The van der Waals surface area contributed by atoms with Crippen LogP contribution in [0.25, 0.3) is 6.08 Å². The number of hydrogen-bond donors (Lipinski definition) is 1. The highest BCUT2D eigenvalue weighted by molar-refractivity contribution is 5.87. The van der Waals surface area contributed by atoms with Crippen LogP contribution in [0.15, 0.2) is 18.2 Å². The number of phenols is 1. The normalized spacial score (nSPS) is 15.4. The SMILES string of the molecule is COc1cc(/C=C/C(=O)OCCC2CCCCC2)cc(OC)c1O. The summed E-state index contributed by atoms with van der Waals surface area (Å²) < 4.78 is 15.4. The molecule has 0 radical (unpaired) electrons. The van der Waals surface area contributed by atoms with E-state index in [-0.39, 0.29) is 11.7 Å². The molecule has 0 heterocycles. The molecule has 5 heteroatoms. The van der Waals surface area contributed by atoms with Crippen molar-refractivity contribution in [3.8, 4) is 17.2 Å². The monoisotopic (exact) mass is 334 g/mol. The molecule has 0 aromatic heterocycles. The van der Waals surface area contributed by atoms with Gasteiger partial charge in [-0.25, -0.2) is 4.79 Å². The van der Waals surface area contributed by atoms with Crippen LogP contribution in [0.2, 0.25) is 0 Å². The van der Waals surface area contributed by atoms with Gasteiger partial charge in [0, 0.05) is 6.08 Å². The fourth-order valence-corrected chi connectivity index (χ4v) is 3.02. The summed E-state index contributed by atoms with van der Waals surface area (Å²) in [6.07, 6.45) is 10.4. The van der Waals surface area contributed by atoms with E-state index in [1.54, 1.807) is 18.2 Å². The lowest BCUT2D eigenvalue weighted by atomic mass is 9.87. The summed E-state index contributed by atoms with van der Waals surface area (Å²) in [5.41, 5.74) is 0.686. The van der Waals surface area contributed by atoms with Crippen molar-refractivity contribution in [1.82, 2.24) is 0 Å². The molecular formula is C19H26O5. The van der Waals surface area contributed by atoms with Crippen LogP contribution in [0.4, 0.5) is 0 Å². The first kappa shape index (κ1) is 18.2. The maximum Gasteiger partial charge on any atom is 0.330 e. The first-order valence-electron chi connectivity index (χ1n) is 8.44. The Kier molecular flexibility index (Phi) is 6.97. The van der Waals surface area contributed by atoms with Gasteiger partial charge in [0.05, 0.1) is 20.8 Å². The van der Waals surface area contributed by atoms with Crippen molar-refractivity contribution >= 4 is 12.0 Å². The van der Waals surface area contributed by atoms with Crippen LogP contribution in [-0.2, 0) is 9.53 Å². The molecule has 0 amide bonds. The molecule has 0 unspecified atom stereocenters. The zero-order valence-electron chi connectivity index (χ0n) is 14.4. The maximum absolute atomic E-state index is 11.8. The number of rotatable bonds is 7. The van der Waals surface area contributed by atoms with E-state index in [0.717, 1.165) is 6.42 Å². The zero-order chi connectivity index (χ0) is 17.4. The minimum atomic E-state index is -0.364. The smallest absolute Gasteiger partial charge is 0.330 e. The molecule has 5 nitrogen and oxygen atoms in total. The lowest BCUT2D eigenvalue weighted by Gasteiger charge is -2.20. The van der Waals surface area contributed by atoms with E-state index < -0.39 is 0 Å². The fraction of sp³-hybridized carbons (Fsp3) is 0.526. The average Bonchev–Trinajstić information content (AvgIpc) is 2.61. The molecule has 0 bridgehead atoms. The molecule has 0 saturated heterocycles. The van der Waals surface area contributed by atoms with Gasteiger partial charge in [0.25, 0.3) is 0 Å². The highest BCUT2D eigenvalue weighted by atomic mass is 16.5. The van der Waals surface area contributed by atoms with Gasteiger partial charge in [0.1, 0.15) is 0 Å². The molecule has 1 fully saturated rings. The Labute approximate surface area is 143 Å². The molecule has 1 N–H and O–H groups in total. The number of ether oxygens (including phenoxy) is 3. The second kappa shape index (κ2) is 9.21. The molecule has 24 heavy (non-hydrogen) atoms. The summed E-state index contributed by atoms with van der Waals surface area (Å²) >= 11 is 0. The first-order chi connectivity index (χ1) is 11.6. The number of carbonyl (C=O) groups excluding carboxylic acids is 1. The van der Waals surface area contributed by atoms with Crippen molar-refractivity contribution in [3.05, 3.63) is 23.8 Å². The lowest BCUT2D eigenvalue weighted by molar-refractivity contribution is -0.138. The van der Waals surface area contributed by atoms with Crippen molar-refractivity contribution in [3.63, 3.8) is 0 Å². The first-order valence-corrected chi connectivity index (χ1v) is 8.44. The minimum Gasteiger partial charge on any atom is -0.502 e. The van der Waals surface area contributed by atoms with Crippen LogP contribution < -0.4 is 9.47 Å². The van der Waals surface area contributed by atoms with E-state index in [2.05, 4.69) is 0 Å². The van der Waals surface area contributed by atoms with Gasteiger partial charge in [-0.3, -0.25) is 0 Å². The topological polar surface area (TPSA) is 65.0 Å².